The van der Waals surface area contributed by atoms with E-state index in [1.807, 2.05) is 0 Å². The lowest BCUT2D eigenvalue weighted by molar-refractivity contribution is 0.147. The molecule has 0 aromatic carbocycles. The van der Waals surface area contributed by atoms with Gasteiger partial charge in [-0.3, -0.25) is 0 Å². The molecule has 0 spiro atoms. The average molecular weight is 147 g/mol. The lowest BCUT2D eigenvalue weighted by Crippen LogP contribution is -2.18. The van der Waals surface area contributed by atoms with Crippen LogP contribution in [0, 0.1) is 0 Å². The molecule has 1 N–H and O–H groups in total. The minimum Gasteiger partial charge on any atom is -0.356 e. The first-order valence-electron chi connectivity index (χ1n) is 2.51. The van der Waals surface area contributed by atoms with E-state index >= 15 is 0 Å². The van der Waals surface area contributed by atoms with E-state index in [-0.39, 0.29) is 6.23 Å². The second-order valence-electron chi connectivity index (χ2n) is 1.56. The molecule has 1 rings (SSSR count). The normalized spacial score (nSPS) is 25.1. The van der Waals surface area contributed by atoms with Gasteiger partial charge in [0, 0.05) is 13.2 Å². The maximum absolute atomic E-state index is 5.57. The first kappa shape index (κ1) is 6.58. The summed E-state index contributed by atoms with van der Waals surface area (Å²) in [5.74, 6) is 0. The Kier molecular flexibility index (Phi) is 2.08. The summed E-state index contributed by atoms with van der Waals surface area (Å²) in [4.78, 5) is 3.88. The Labute approximate surface area is 58.4 Å². The Hall–Kier alpha value is -0.540. The van der Waals surface area contributed by atoms with Gasteiger partial charge in [-0.05, 0) is 0 Å². The van der Waals surface area contributed by atoms with Crippen molar-refractivity contribution in [3.8, 4) is 0 Å². The molecule has 1 aliphatic rings. The first-order chi connectivity index (χ1) is 4.33. The molecular formula is C5H7ClN2O. The summed E-state index contributed by atoms with van der Waals surface area (Å²) in [6.45, 7) is 0. The second-order valence-corrected chi connectivity index (χ2v) is 1.97. The van der Waals surface area contributed by atoms with E-state index in [2.05, 4.69) is 10.3 Å². The van der Waals surface area contributed by atoms with Crippen LogP contribution in [0.3, 0.4) is 0 Å². The molecule has 1 atom stereocenters. The van der Waals surface area contributed by atoms with Crippen molar-refractivity contribution in [2.45, 2.75) is 6.23 Å². The van der Waals surface area contributed by atoms with Crippen LogP contribution >= 0.6 is 11.6 Å². The number of halogens is 1. The van der Waals surface area contributed by atoms with Crippen LogP contribution in [-0.4, -0.2) is 19.7 Å². The highest BCUT2D eigenvalue weighted by Crippen LogP contribution is 2.04. The maximum Gasteiger partial charge on any atom is 0.171 e. The van der Waals surface area contributed by atoms with Gasteiger partial charge >= 0.3 is 0 Å². The largest absolute Gasteiger partial charge is 0.356 e. The van der Waals surface area contributed by atoms with Crippen molar-refractivity contribution >= 4 is 17.9 Å². The SMILES string of the molecule is COC1C=C(Cl)NC=N1. The lowest BCUT2D eigenvalue weighted by Gasteiger charge is -2.10. The van der Waals surface area contributed by atoms with E-state index < -0.39 is 0 Å². The monoisotopic (exact) mass is 146 g/mol. The van der Waals surface area contributed by atoms with Crippen LogP contribution in [0.2, 0.25) is 0 Å². The summed E-state index contributed by atoms with van der Waals surface area (Å²) in [7, 11) is 1.58. The molecule has 4 heteroatoms. The fourth-order valence-electron chi connectivity index (χ4n) is 0.518. The van der Waals surface area contributed by atoms with E-state index in [1.54, 1.807) is 13.2 Å². The van der Waals surface area contributed by atoms with Gasteiger partial charge in [-0.1, -0.05) is 11.6 Å². The molecule has 3 nitrogen and oxygen atoms in total. The summed E-state index contributed by atoms with van der Waals surface area (Å²) in [5.41, 5.74) is 0. The standard InChI is InChI=1S/C5H7ClN2O/c1-9-5-2-4(6)7-3-8-5/h2-3,5H,1H3,(H,7,8). The molecule has 0 saturated carbocycles. The molecule has 0 radical (unpaired) electrons. The topological polar surface area (TPSA) is 33.6 Å². The number of rotatable bonds is 1. The van der Waals surface area contributed by atoms with Crippen molar-refractivity contribution in [3.63, 3.8) is 0 Å². The van der Waals surface area contributed by atoms with Crippen LogP contribution in [0.25, 0.3) is 0 Å². The Morgan fingerprint density at radius 2 is 2.67 bits per heavy atom. The number of ether oxygens (including phenoxy) is 1. The summed E-state index contributed by atoms with van der Waals surface area (Å²) in [5, 5.41) is 3.25. The molecule has 0 saturated heterocycles. The zero-order valence-corrected chi connectivity index (χ0v) is 5.72. The number of nitrogens with one attached hydrogen (secondary N) is 1. The molecule has 50 valence electrons. The zero-order valence-electron chi connectivity index (χ0n) is 4.97. The molecule has 0 aromatic rings. The number of aliphatic imine (C=N–C) groups is 1. The van der Waals surface area contributed by atoms with Crippen molar-refractivity contribution in [2.24, 2.45) is 4.99 Å². The fourth-order valence-corrected chi connectivity index (χ4v) is 0.674. The minimum absolute atomic E-state index is 0.223. The second kappa shape index (κ2) is 2.85. The molecule has 0 aliphatic carbocycles. The van der Waals surface area contributed by atoms with E-state index in [4.69, 9.17) is 16.3 Å². The predicted molar refractivity (Wildman–Crippen MR) is 36.4 cm³/mol. The van der Waals surface area contributed by atoms with Crippen molar-refractivity contribution in [1.29, 1.82) is 0 Å². The summed E-state index contributed by atoms with van der Waals surface area (Å²) < 4.78 is 4.86. The Bertz CT molecular complexity index is 155. The van der Waals surface area contributed by atoms with Gasteiger partial charge in [0.05, 0.1) is 6.34 Å². The highest BCUT2D eigenvalue weighted by atomic mass is 35.5. The highest BCUT2D eigenvalue weighted by Gasteiger charge is 2.03. The molecule has 9 heavy (non-hydrogen) atoms. The lowest BCUT2D eigenvalue weighted by atomic mass is 10.5. The number of methoxy groups -OCH3 is 1. The molecular weight excluding hydrogens is 140 g/mol. The molecule has 1 aliphatic heterocycles. The van der Waals surface area contributed by atoms with Crippen LogP contribution in [0.4, 0.5) is 0 Å². The number of hydrogen-bond acceptors (Lipinski definition) is 3. The molecule has 0 aromatic heterocycles. The Balaban J connectivity index is 2.55. The fraction of sp³-hybridized carbons (Fsp3) is 0.400. The van der Waals surface area contributed by atoms with E-state index in [1.165, 1.54) is 6.34 Å². The van der Waals surface area contributed by atoms with Crippen molar-refractivity contribution < 1.29 is 4.74 Å². The minimum atomic E-state index is -0.223. The molecule has 0 fully saturated rings. The van der Waals surface area contributed by atoms with Crippen LogP contribution in [0.5, 0.6) is 0 Å². The van der Waals surface area contributed by atoms with Crippen LogP contribution < -0.4 is 5.32 Å². The van der Waals surface area contributed by atoms with Gasteiger partial charge in [-0.15, -0.1) is 0 Å². The van der Waals surface area contributed by atoms with Gasteiger partial charge in [0.1, 0.15) is 5.16 Å². The molecule has 1 heterocycles. The van der Waals surface area contributed by atoms with Gasteiger partial charge in [0.2, 0.25) is 0 Å². The van der Waals surface area contributed by atoms with Gasteiger partial charge < -0.3 is 10.1 Å². The van der Waals surface area contributed by atoms with Crippen LogP contribution in [0.15, 0.2) is 16.2 Å². The molecule has 0 amide bonds. The van der Waals surface area contributed by atoms with E-state index in [9.17, 15) is 0 Å². The van der Waals surface area contributed by atoms with Gasteiger partial charge in [-0.25, -0.2) is 4.99 Å². The van der Waals surface area contributed by atoms with Gasteiger partial charge in [-0.2, -0.15) is 0 Å². The highest BCUT2D eigenvalue weighted by molar-refractivity contribution is 6.30. The Morgan fingerprint density at radius 1 is 1.89 bits per heavy atom. The number of hydrogen-bond donors (Lipinski definition) is 1. The van der Waals surface area contributed by atoms with Crippen LogP contribution in [-0.2, 0) is 4.74 Å². The quantitative estimate of drug-likeness (QED) is 0.552. The van der Waals surface area contributed by atoms with Crippen molar-refractivity contribution in [1.82, 2.24) is 5.32 Å². The summed E-state index contributed by atoms with van der Waals surface area (Å²) >= 11 is 5.57. The third-order valence-electron chi connectivity index (χ3n) is 0.954. The zero-order chi connectivity index (χ0) is 6.69. The van der Waals surface area contributed by atoms with E-state index in [0.29, 0.717) is 5.16 Å². The summed E-state index contributed by atoms with van der Waals surface area (Å²) in [6, 6.07) is 0. The first-order valence-corrected chi connectivity index (χ1v) is 2.89. The van der Waals surface area contributed by atoms with Gasteiger partial charge in [0.25, 0.3) is 0 Å². The van der Waals surface area contributed by atoms with Crippen molar-refractivity contribution in [2.75, 3.05) is 7.11 Å². The Morgan fingerprint density at radius 3 is 3.11 bits per heavy atom. The average Bonchev–Trinajstić information content (AvgIpc) is 1.88. The number of nitrogens with zero attached hydrogens (tertiary/aromatic N) is 1. The maximum atomic E-state index is 5.57. The smallest absolute Gasteiger partial charge is 0.171 e. The molecule has 1 unspecified atom stereocenters. The van der Waals surface area contributed by atoms with Gasteiger partial charge in [0.15, 0.2) is 6.23 Å². The summed E-state index contributed by atoms with van der Waals surface area (Å²) in [6.07, 6.45) is 2.97. The third kappa shape index (κ3) is 1.69. The molecule has 0 bridgehead atoms. The predicted octanol–water partition coefficient (Wildman–Crippen LogP) is 0.671. The van der Waals surface area contributed by atoms with E-state index in [0.717, 1.165) is 0 Å². The third-order valence-corrected chi connectivity index (χ3v) is 1.19. The van der Waals surface area contributed by atoms with Crippen molar-refractivity contribution in [3.05, 3.63) is 11.2 Å². The van der Waals surface area contributed by atoms with Crippen LogP contribution in [0.1, 0.15) is 0 Å².